The van der Waals surface area contributed by atoms with Crippen molar-refractivity contribution in [3.63, 3.8) is 0 Å². The molecule has 0 atom stereocenters. The van der Waals surface area contributed by atoms with E-state index in [1.807, 2.05) is 19.1 Å². The van der Waals surface area contributed by atoms with Crippen LogP contribution in [0.1, 0.15) is 25.7 Å². The second-order valence-corrected chi connectivity index (χ2v) is 4.48. The van der Waals surface area contributed by atoms with E-state index in [0.717, 1.165) is 12.0 Å². The van der Waals surface area contributed by atoms with E-state index in [1.54, 1.807) is 12.1 Å². The molecular weight excluding hydrogens is 266 g/mol. The molecule has 0 saturated heterocycles. The minimum Gasteiger partial charge on any atom is -0.347 e. The van der Waals surface area contributed by atoms with E-state index in [1.165, 1.54) is 0 Å². The molecule has 0 spiro atoms. The van der Waals surface area contributed by atoms with E-state index in [4.69, 9.17) is 16.1 Å². The quantitative estimate of drug-likeness (QED) is 0.914. The fraction of sp³-hybridized carbons (Fsp3) is 0.308. The van der Waals surface area contributed by atoms with Gasteiger partial charge in [-0.2, -0.15) is 4.98 Å². The summed E-state index contributed by atoms with van der Waals surface area (Å²) in [7, 11) is 0. The van der Waals surface area contributed by atoms with Gasteiger partial charge in [0.15, 0.2) is 0 Å². The molecule has 2 rings (SSSR count). The van der Waals surface area contributed by atoms with Gasteiger partial charge in [0.25, 0.3) is 0 Å². The lowest BCUT2D eigenvalue weighted by atomic mass is 10.2. The molecule has 0 unspecified atom stereocenters. The summed E-state index contributed by atoms with van der Waals surface area (Å²) in [4.78, 5) is 15.5. The largest absolute Gasteiger partial charge is 0.347 e. The van der Waals surface area contributed by atoms with Crippen LogP contribution in [0.15, 0.2) is 28.8 Å². The Bertz CT molecular complexity index is 551. The Morgan fingerprint density at radius 3 is 2.79 bits per heavy atom. The third-order valence-corrected chi connectivity index (χ3v) is 2.74. The van der Waals surface area contributed by atoms with Gasteiger partial charge in [0.1, 0.15) is 0 Å². The molecule has 5 nitrogen and oxygen atoms in total. The van der Waals surface area contributed by atoms with E-state index in [0.29, 0.717) is 23.2 Å². The lowest BCUT2D eigenvalue weighted by Crippen LogP contribution is -2.22. The summed E-state index contributed by atoms with van der Waals surface area (Å²) in [6.45, 7) is 2.20. The van der Waals surface area contributed by atoms with Gasteiger partial charge in [-0.15, -0.1) is 0 Å². The van der Waals surface area contributed by atoms with Crippen LogP contribution in [0.3, 0.4) is 0 Å². The Labute approximate surface area is 116 Å². The van der Waals surface area contributed by atoms with Crippen molar-refractivity contribution in [1.29, 1.82) is 0 Å². The number of rotatable bonds is 5. The maximum atomic E-state index is 11.3. The van der Waals surface area contributed by atoms with Gasteiger partial charge in [0.05, 0.1) is 6.54 Å². The van der Waals surface area contributed by atoms with Crippen LogP contribution in [-0.4, -0.2) is 16.0 Å². The van der Waals surface area contributed by atoms with Gasteiger partial charge in [0.2, 0.25) is 17.6 Å². The highest BCUT2D eigenvalue weighted by Crippen LogP contribution is 2.18. The van der Waals surface area contributed by atoms with Crippen molar-refractivity contribution >= 4 is 17.5 Å². The summed E-state index contributed by atoms with van der Waals surface area (Å²) < 4.78 is 5.07. The van der Waals surface area contributed by atoms with Crippen LogP contribution in [0.4, 0.5) is 0 Å². The third-order valence-electron chi connectivity index (χ3n) is 2.48. The van der Waals surface area contributed by atoms with Gasteiger partial charge in [-0.25, -0.2) is 0 Å². The summed E-state index contributed by atoms with van der Waals surface area (Å²) in [5.41, 5.74) is 0.819. The van der Waals surface area contributed by atoms with Crippen LogP contribution in [0.2, 0.25) is 5.02 Å². The first kappa shape index (κ1) is 13.5. The van der Waals surface area contributed by atoms with Gasteiger partial charge >= 0.3 is 0 Å². The van der Waals surface area contributed by atoms with Gasteiger partial charge in [0, 0.05) is 17.0 Å². The summed E-state index contributed by atoms with van der Waals surface area (Å²) in [5, 5.41) is 7.23. The Hall–Kier alpha value is -1.88. The third kappa shape index (κ3) is 3.79. The number of nitrogens with one attached hydrogen (secondary N) is 1. The summed E-state index contributed by atoms with van der Waals surface area (Å²) >= 11 is 5.81. The van der Waals surface area contributed by atoms with Crippen molar-refractivity contribution in [1.82, 2.24) is 15.5 Å². The smallest absolute Gasteiger partial charge is 0.246 e. The zero-order valence-corrected chi connectivity index (χ0v) is 11.3. The van der Waals surface area contributed by atoms with E-state index in [9.17, 15) is 4.79 Å². The topological polar surface area (TPSA) is 68.0 Å². The van der Waals surface area contributed by atoms with Crippen molar-refractivity contribution in [3.8, 4) is 11.4 Å². The molecule has 0 fully saturated rings. The molecule has 1 aromatic carbocycles. The normalized spacial score (nSPS) is 10.4. The molecule has 0 aliphatic heterocycles. The number of amides is 1. The highest BCUT2D eigenvalue weighted by Gasteiger charge is 2.09. The first-order chi connectivity index (χ1) is 9.19. The van der Waals surface area contributed by atoms with Crippen LogP contribution in [0.5, 0.6) is 0 Å². The predicted molar refractivity (Wildman–Crippen MR) is 71.5 cm³/mol. The number of hydrogen-bond donors (Lipinski definition) is 1. The highest BCUT2D eigenvalue weighted by molar-refractivity contribution is 6.30. The van der Waals surface area contributed by atoms with Gasteiger partial charge in [-0.05, 0) is 30.7 Å². The number of halogens is 1. The first-order valence-corrected chi connectivity index (χ1v) is 6.42. The van der Waals surface area contributed by atoms with Crippen molar-refractivity contribution in [2.24, 2.45) is 0 Å². The predicted octanol–water partition coefficient (Wildman–Crippen LogP) is 2.81. The Morgan fingerprint density at radius 1 is 1.37 bits per heavy atom. The second-order valence-electron chi connectivity index (χ2n) is 4.05. The van der Waals surface area contributed by atoms with Crippen LogP contribution >= 0.6 is 11.6 Å². The summed E-state index contributed by atoms with van der Waals surface area (Å²) in [6, 6.07) is 7.14. The van der Waals surface area contributed by atoms with Crippen LogP contribution < -0.4 is 5.32 Å². The molecule has 2 aromatic rings. The van der Waals surface area contributed by atoms with Gasteiger partial charge in [-0.3, -0.25) is 4.79 Å². The number of hydrogen-bond acceptors (Lipinski definition) is 4. The Morgan fingerprint density at radius 2 is 2.11 bits per heavy atom. The molecule has 0 aliphatic rings. The zero-order valence-electron chi connectivity index (χ0n) is 10.5. The van der Waals surface area contributed by atoms with Crippen LogP contribution in [-0.2, 0) is 11.3 Å². The molecule has 1 heterocycles. The first-order valence-electron chi connectivity index (χ1n) is 6.04. The summed E-state index contributed by atoms with van der Waals surface area (Å²) in [6.07, 6.45) is 1.31. The minimum atomic E-state index is -0.0197. The van der Waals surface area contributed by atoms with Gasteiger partial charge < -0.3 is 9.84 Å². The number of carbonyl (C=O) groups excluding carboxylic acids is 1. The van der Waals surface area contributed by atoms with Crippen molar-refractivity contribution in [2.75, 3.05) is 0 Å². The van der Waals surface area contributed by atoms with E-state index >= 15 is 0 Å². The fourth-order valence-electron chi connectivity index (χ4n) is 1.53. The monoisotopic (exact) mass is 279 g/mol. The molecule has 100 valence electrons. The number of carbonyl (C=O) groups is 1. The molecule has 1 amide bonds. The maximum Gasteiger partial charge on any atom is 0.246 e. The zero-order chi connectivity index (χ0) is 13.7. The average molecular weight is 280 g/mol. The van der Waals surface area contributed by atoms with Crippen molar-refractivity contribution in [2.45, 2.75) is 26.3 Å². The molecule has 1 aromatic heterocycles. The van der Waals surface area contributed by atoms with Crippen LogP contribution in [0.25, 0.3) is 11.4 Å². The maximum absolute atomic E-state index is 11.3. The van der Waals surface area contributed by atoms with E-state index in [-0.39, 0.29) is 12.5 Å². The van der Waals surface area contributed by atoms with E-state index in [2.05, 4.69) is 15.5 Å². The Kier molecular flexibility index (Phi) is 4.52. The molecule has 19 heavy (non-hydrogen) atoms. The van der Waals surface area contributed by atoms with E-state index < -0.39 is 0 Å². The highest BCUT2D eigenvalue weighted by atomic mass is 35.5. The minimum absolute atomic E-state index is 0.0197. The SMILES string of the molecule is CCCC(=O)NCc1nc(-c2ccc(Cl)cc2)no1. The average Bonchev–Trinajstić information content (AvgIpc) is 2.86. The summed E-state index contributed by atoms with van der Waals surface area (Å²) in [5.74, 6) is 0.847. The van der Waals surface area contributed by atoms with Crippen LogP contribution in [0, 0.1) is 0 Å². The molecular formula is C13H14ClN3O2. The van der Waals surface area contributed by atoms with Crippen molar-refractivity contribution in [3.05, 3.63) is 35.2 Å². The fourth-order valence-corrected chi connectivity index (χ4v) is 1.66. The number of nitrogens with zero attached hydrogens (tertiary/aromatic N) is 2. The number of aromatic nitrogens is 2. The van der Waals surface area contributed by atoms with Crippen molar-refractivity contribution < 1.29 is 9.32 Å². The second kappa shape index (κ2) is 6.33. The lowest BCUT2D eigenvalue weighted by molar-refractivity contribution is -0.121. The number of benzene rings is 1. The molecule has 0 radical (unpaired) electrons. The molecule has 0 bridgehead atoms. The molecule has 0 saturated carbocycles. The molecule has 6 heteroatoms. The molecule has 0 aliphatic carbocycles. The Balaban J connectivity index is 1.99. The lowest BCUT2D eigenvalue weighted by Gasteiger charge is -1.98. The standard InChI is InChI=1S/C13H14ClN3O2/c1-2-3-11(18)15-8-12-16-13(17-19-12)9-4-6-10(14)7-5-9/h4-7H,2-3,8H2,1H3,(H,15,18). The molecule has 1 N–H and O–H groups in total. The van der Waals surface area contributed by atoms with Gasteiger partial charge in [-0.1, -0.05) is 23.7 Å².